The van der Waals surface area contributed by atoms with Gasteiger partial charge in [-0.1, -0.05) is 19.1 Å². The number of hydrogen-bond acceptors (Lipinski definition) is 3. The fraction of sp³-hybridized carbons (Fsp3) is 0.571. The number of hydrogen-bond donors (Lipinski definition) is 1. The fourth-order valence-electron chi connectivity index (χ4n) is 1.85. The molecule has 1 N–H and O–H groups in total. The zero-order valence-electron chi connectivity index (χ0n) is 11.2. The lowest BCUT2D eigenvalue weighted by Gasteiger charge is -2.29. The number of nitrogens with zero attached hydrogens (tertiary/aromatic N) is 1. The molecule has 0 heterocycles. The SMILES string of the molecule is CC[C@](O)(CCN(C)C)c1cccc(OC)c1. The minimum absolute atomic E-state index is 0.702. The number of benzene rings is 1. The molecule has 0 amide bonds. The standard InChI is InChI=1S/C14H23NO2/c1-5-14(16,9-10-15(2)3)12-7-6-8-13(11-12)17-4/h6-8,11,16H,5,9-10H2,1-4H3/t14-/m0/s1. The molecule has 96 valence electrons. The van der Waals surface area contributed by atoms with Crippen molar-refractivity contribution in [1.82, 2.24) is 4.90 Å². The predicted octanol–water partition coefficient (Wildman–Crippen LogP) is 2.24. The van der Waals surface area contributed by atoms with E-state index >= 15 is 0 Å². The van der Waals surface area contributed by atoms with Crippen molar-refractivity contribution in [2.45, 2.75) is 25.4 Å². The lowest BCUT2D eigenvalue weighted by Crippen LogP contribution is -2.29. The zero-order chi connectivity index (χ0) is 12.9. The summed E-state index contributed by atoms with van der Waals surface area (Å²) in [4.78, 5) is 2.08. The van der Waals surface area contributed by atoms with E-state index in [9.17, 15) is 5.11 Å². The van der Waals surface area contributed by atoms with Crippen LogP contribution in [0.5, 0.6) is 5.75 Å². The second kappa shape index (κ2) is 6.03. The van der Waals surface area contributed by atoms with Crippen molar-refractivity contribution in [2.75, 3.05) is 27.7 Å². The van der Waals surface area contributed by atoms with E-state index in [0.29, 0.717) is 6.42 Å². The van der Waals surface area contributed by atoms with E-state index in [-0.39, 0.29) is 0 Å². The Balaban J connectivity index is 2.90. The molecule has 0 radical (unpaired) electrons. The Morgan fingerprint density at radius 1 is 1.35 bits per heavy atom. The van der Waals surface area contributed by atoms with Gasteiger partial charge in [-0.15, -0.1) is 0 Å². The van der Waals surface area contributed by atoms with E-state index in [1.54, 1.807) is 7.11 Å². The van der Waals surface area contributed by atoms with Crippen LogP contribution < -0.4 is 4.74 Å². The Morgan fingerprint density at radius 2 is 2.06 bits per heavy atom. The van der Waals surface area contributed by atoms with Crippen molar-refractivity contribution >= 4 is 0 Å². The van der Waals surface area contributed by atoms with Crippen LogP contribution in [-0.4, -0.2) is 37.8 Å². The Labute approximate surface area is 104 Å². The molecule has 0 aliphatic rings. The summed E-state index contributed by atoms with van der Waals surface area (Å²) in [6.07, 6.45) is 1.43. The first kappa shape index (κ1) is 14.0. The number of aliphatic hydroxyl groups is 1. The number of methoxy groups -OCH3 is 1. The van der Waals surface area contributed by atoms with Crippen LogP contribution >= 0.6 is 0 Å². The van der Waals surface area contributed by atoms with Crippen molar-refractivity contribution in [3.63, 3.8) is 0 Å². The van der Waals surface area contributed by atoms with Crippen LogP contribution in [0.25, 0.3) is 0 Å². The maximum atomic E-state index is 10.7. The molecule has 1 aromatic carbocycles. The lowest BCUT2D eigenvalue weighted by molar-refractivity contribution is 0.0169. The van der Waals surface area contributed by atoms with Crippen LogP contribution in [0.1, 0.15) is 25.3 Å². The Morgan fingerprint density at radius 3 is 2.59 bits per heavy atom. The zero-order valence-corrected chi connectivity index (χ0v) is 11.2. The second-order valence-corrected chi connectivity index (χ2v) is 4.67. The monoisotopic (exact) mass is 237 g/mol. The van der Waals surface area contributed by atoms with E-state index in [4.69, 9.17) is 4.74 Å². The molecule has 0 aliphatic carbocycles. The molecule has 0 saturated heterocycles. The van der Waals surface area contributed by atoms with Crippen LogP contribution in [0.2, 0.25) is 0 Å². The molecular formula is C14H23NO2. The molecule has 3 nitrogen and oxygen atoms in total. The largest absolute Gasteiger partial charge is 0.497 e. The summed E-state index contributed by atoms with van der Waals surface area (Å²) in [6.45, 7) is 2.87. The first-order valence-electron chi connectivity index (χ1n) is 6.03. The lowest BCUT2D eigenvalue weighted by atomic mass is 9.87. The molecule has 0 saturated carbocycles. The number of rotatable bonds is 6. The summed E-state index contributed by atoms with van der Waals surface area (Å²) < 4.78 is 5.20. The van der Waals surface area contributed by atoms with Gasteiger partial charge in [-0.2, -0.15) is 0 Å². The average molecular weight is 237 g/mol. The van der Waals surface area contributed by atoms with Crippen LogP contribution in [0.3, 0.4) is 0 Å². The van der Waals surface area contributed by atoms with Crippen molar-refractivity contribution in [3.05, 3.63) is 29.8 Å². The summed E-state index contributed by atoms with van der Waals surface area (Å²) in [5.41, 5.74) is 0.167. The predicted molar refractivity (Wildman–Crippen MR) is 70.4 cm³/mol. The van der Waals surface area contributed by atoms with Gasteiger partial charge in [0.2, 0.25) is 0 Å². The molecule has 0 bridgehead atoms. The molecule has 0 aliphatic heterocycles. The topological polar surface area (TPSA) is 32.7 Å². The number of ether oxygens (including phenoxy) is 1. The van der Waals surface area contributed by atoms with Crippen LogP contribution in [0, 0.1) is 0 Å². The van der Waals surface area contributed by atoms with Crippen LogP contribution in [0.15, 0.2) is 24.3 Å². The molecule has 0 spiro atoms. The molecule has 0 aromatic heterocycles. The Bertz CT molecular complexity index is 352. The first-order chi connectivity index (χ1) is 8.01. The van der Waals surface area contributed by atoms with E-state index in [0.717, 1.165) is 24.3 Å². The summed E-state index contributed by atoms with van der Waals surface area (Å²) in [6, 6.07) is 7.69. The third-order valence-electron chi connectivity index (χ3n) is 3.16. The highest BCUT2D eigenvalue weighted by atomic mass is 16.5. The third kappa shape index (κ3) is 3.72. The minimum atomic E-state index is -0.765. The molecule has 0 fully saturated rings. The van der Waals surface area contributed by atoms with Gasteiger partial charge in [-0.05, 0) is 44.6 Å². The first-order valence-corrected chi connectivity index (χ1v) is 6.03. The van der Waals surface area contributed by atoms with Gasteiger partial charge in [-0.25, -0.2) is 0 Å². The second-order valence-electron chi connectivity index (χ2n) is 4.67. The molecule has 0 unspecified atom stereocenters. The van der Waals surface area contributed by atoms with Gasteiger partial charge in [0.05, 0.1) is 12.7 Å². The summed E-state index contributed by atoms with van der Waals surface area (Å²) in [7, 11) is 5.67. The normalized spacial score (nSPS) is 14.7. The van der Waals surface area contributed by atoms with Crippen LogP contribution in [-0.2, 0) is 5.60 Å². The van der Waals surface area contributed by atoms with Crippen LogP contribution in [0.4, 0.5) is 0 Å². The van der Waals surface area contributed by atoms with Gasteiger partial charge in [0, 0.05) is 6.54 Å². The summed E-state index contributed by atoms with van der Waals surface area (Å²) >= 11 is 0. The van der Waals surface area contributed by atoms with E-state index < -0.39 is 5.60 Å². The summed E-state index contributed by atoms with van der Waals surface area (Å²) in [5, 5.41) is 10.7. The fourth-order valence-corrected chi connectivity index (χ4v) is 1.85. The van der Waals surface area contributed by atoms with Crippen molar-refractivity contribution in [2.24, 2.45) is 0 Å². The summed E-state index contributed by atoms with van der Waals surface area (Å²) in [5.74, 6) is 0.791. The van der Waals surface area contributed by atoms with Crippen molar-refractivity contribution < 1.29 is 9.84 Å². The average Bonchev–Trinajstić information content (AvgIpc) is 2.36. The Hall–Kier alpha value is -1.06. The van der Waals surface area contributed by atoms with Gasteiger partial charge in [0.25, 0.3) is 0 Å². The maximum Gasteiger partial charge on any atom is 0.119 e. The highest BCUT2D eigenvalue weighted by Crippen LogP contribution is 2.30. The molecule has 1 atom stereocenters. The minimum Gasteiger partial charge on any atom is -0.497 e. The molecular weight excluding hydrogens is 214 g/mol. The van der Waals surface area contributed by atoms with Gasteiger partial charge in [0.1, 0.15) is 5.75 Å². The third-order valence-corrected chi connectivity index (χ3v) is 3.16. The van der Waals surface area contributed by atoms with Gasteiger partial charge in [-0.3, -0.25) is 0 Å². The van der Waals surface area contributed by atoms with E-state index in [1.807, 2.05) is 45.3 Å². The van der Waals surface area contributed by atoms with Gasteiger partial charge in [0.15, 0.2) is 0 Å². The van der Waals surface area contributed by atoms with Crippen molar-refractivity contribution in [3.8, 4) is 5.75 Å². The van der Waals surface area contributed by atoms with Gasteiger partial charge >= 0.3 is 0 Å². The van der Waals surface area contributed by atoms with Gasteiger partial charge < -0.3 is 14.7 Å². The molecule has 1 rings (SSSR count). The highest BCUT2D eigenvalue weighted by molar-refractivity contribution is 5.32. The molecule has 17 heavy (non-hydrogen) atoms. The highest BCUT2D eigenvalue weighted by Gasteiger charge is 2.27. The Kier molecular flexibility index (Phi) is 4.97. The molecule has 1 aromatic rings. The van der Waals surface area contributed by atoms with Crippen molar-refractivity contribution in [1.29, 1.82) is 0 Å². The van der Waals surface area contributed by atoms with E-state index in [2.05, 4.69) is 4.90 Å². The molecule has 3 heteroatoms. The quantitative estimate of drug-likeness (QED) is 0.823. The smallest absolute Gasteiger partial charge is 0.119 e. The maximum absolute atomic E-state index is 10.7. The van der Waals surface area contributed by atoms with E-state index in [1.165, 1.54) is 0 Å².